The molecule has 3 amide bonds. The van der Waals surface area contributed by atoms with E-state index in [1.54, 1.807) is 44.2 Å². The molecule has 4 atom stereocenters. The zero-order valence-corrected chi connectivity index (χ0v) is 20.3. The van der Waals surface area contributed by atoms with Crippen molar-refractivity contribution < 1.29 is 37.4 Å². The van der Waals surface area contributed by atoms with E-state index in [9.17, 15) is 32.7 Å². The van der Waals surface area contributed by atoms with E-state index in [4.69, 9.17) is 4.74 Å². The first-order chi connectivity index (χ1) is 16.3. The van der Waals surface area contributed by atoms with E-state index in [0.717, 1.165) is 0 Å². The van der Waals surface area contributed by atoms with Gasteiger partial charge in [-0.3, -0.25) is 14.4 Å². The van der Waals surface area contributed by atoms with Gasteiger partial charge in [-0.25, -0.2) is 0 Å². The Kier molecular flexibility index (Phi) is 9.93. The maximum Gasteiger partial charge on any atom is 0.416 e. The fraction of sp³-hybridized carbons (Fsp3) is 0.625. The molecule has 2 rings (SSSR count). The quantitative estimate of drug-likeness (QED) is 0.456. The number of carbonyl (C=O) groups is 3. The second-order valence-corrected chi connectivity index (χ2v) is 9.35. The number of ether oxygens (including phenoxy) is 1. The summed E-state index contributed by atoms with van der Waals surface area (Å²) in [5.41, 5.74) is 0. The maximum atomic E-state index is 13.3. The van der Waals surface area contributed by atoms with Gasteiger partial charge in [-0.15, -0.1) is 0 Å². The number of aliphatic hydroxyl groups is 1. The molecule has 1 saturated heterocycles. The van der Waals surface area contributed by atoms with E-state index >= 15 is 0 Å². The molecule has 0 saturated carbocycles. The summed E-state index contributed by atoms with van der Waals surface area (Å²) in [5.74, 6) is -2.31. The van der Waals surface area contributed by atoms with Gasteiger partial charge < -0.3 is 25.4 Å². The fourth-order valence-corrected chi connectivity index (χ4v) is 3.95. The van der Waals surface area contributed by atoms with Crippen molar-refractivity contribution in [1.82, 2.24) is 15.5 Å². The number of amides is 3. The number of para-hydroxylation sites is 1. The average molecular weight is 502 g/mol. The molecule has 1 fully saturated rings. The first-order valence-corrected chi connectivity index (χ1v) is 11.7. The molecule has 0 aliphatic carbocycles. The molecule has 1 heterocycles. The number of hydrogen-bond acceptors (Lipinski definition) is 5. The lowest BCUT2D eigenvalue weighted by atomic mass is 9.97. The van der Waals surface area contributed by atoms with Crippen molar-refractivity contribution in [3.8, 4) is 5.75 Å². The van der Waals surface area contributed by atoms with Crippen LogP contribution < -0.4 is 15.4 Å². The van der Waals surface area contributed by atoms with Gasteiger partial charge in [0, 0.05) is 6.54 Å². The largest absolute Gasteiger partial charge is 0.484 e. The van der Waals surface area contributed by atoms with Crippen LogP contribution in [-0.2, 0) is 14.4 Å². The van der Waals surface area contributed by atoms with Gasteiger partial charge >= 0.3 is 6.18 Å². The number of halogens is 3. The minimum absolute atomic E-state index is 0.227. The molecule has 11 heteroatoms. The van der Waals surface area contributed by atoms with Gasteiger partial charge in [0.15, 0.2) is 12.7 Å². The number of nitrogens with zero attached hydrogens (tertiary/aromatic N) is 1. The summed E-state index contributed by atoms with van der Waals surface area (Å²) >= 11 is 0. The van der Waals surface area contributed by atoms with Crippen molar-refractivity contribution >= 4 is 17.7 Å². The van der Waals surface area contributed by atoms with Gasteiger partial charge in [-0.2, -0.15) is 13.2 Å². The van der Waals surface area contributed by atoms with Gasteiger partial charge in [0.2, 0.25) is 11.8 Å². The van der Waals surface area contributed by atoms with Gasteiger partial charge in [0.05, 0.1) is 6.04 Å². The van der Waals surface area contributed by atoms with E-state index in [2.05, 4.69) is 10.6 Å². The molecule has 1 aromatic carbocycles. The monoisotopic (exact) mass is 501 g/mol. The molecule has 1 aromatic rings. The van der Waals surface area contributed by atoms with E-state index < -0.39 is 54.0 Å². The van der Waals surface area contributed by atoms with E-state index in [1.807, 2.05) is 0 Å². The van der Waals surface area contributed by atoms with Crippen LogP contribution in [0.5, 0.6) is 5.75 Å². The van der Waals surface area contributed by atoms with Crippen molar-refractivity contribution in [2.24, 2.45) is 11.8 Å². The molecule has 0 radical (unpaired) electrons. The minimum Gasteiger partial charge on any atom is -0.484 e. The number of benzene rings is 1. The molecule has 0 aromatic heterocycles. The Morgan fingerprint density at radius 2 is 1.71 bits per heavy atom. The molecular weight excluding hydrogens is 467 g/mol. The van der Waals surface area contributed by atoms with E-state index in [0.29, 0.717) is 12.2 Å². The first kappa shape index (κ1) is 28.4. The number of alkyl halides is 3. The highest BCUT2D eigenvalue weighted by Crippen LogP contribution is 2.27. The topological polar surface area (TPSA) is 108 Å². The van der Waals surface area contributed by atoms with Crippen LogP contribution in [-0.4, -0.2) is 71.3 Å². The molecule has 3 N–H and O–H groups in total. The van der Waals surface area contributed by atoms with Crippen LogP contribution >= 0.6 is 0 Å². The summed E-state index contributed by atoms with van der Waals surface area (Å²) in [5, 5.41) is 14.6. The normalized spacial score (nSPS) is 18.8. The Morgan fingerprint density at radius 3 is 2.26 bits per heavy atom. The lowest BCUT2D eigenvalue weighted by Gasteiger charge is -2.33. The third-order valence-electron chi connectivity index (χ3n) is 5.90. The summed E-state index contributed by atoms with van der Waals surface area (Å²) in [6.07, 6.45) is -6.89. The highest BCUT2D eigenvalue weighted by molar-refractivity contribution is 5.93. The van der Waals surface area contributed by atoms with Crippen molar-refractivity contribution in [1.29, 1.82) is 0 Å². The van der Waals surface area contributed by atoms with E-state index in [-0.39, 0.29) is 25.5 Å². The van der Waals surface area contributed by atoms with Crippen molar-refractivity contribution in [3.05, 3.63) is 30.3 Å². The van der Waals surface area contributed by atoms with Gasteiger partial charge in [0.1, 0.15) is 17.8 Å². The van der Waals surface area contributed by atoms with Crippen LogP contribution in [0.25, 0.3) is 0 Å². The Balaban J connectivity index is 2.07. The van der Waals surface area contributed by atoms with Crippen LogP contribution in [0.15, 0.2) is 30.3 Å². The standard InChI is InChI=1S/C24H34F3N3O5/c1-14(2)19(21(32)24(25,26)27)29-22(33)17-11-8-12-30(17)23(34)20(15(3)4)28-18(31)13-35-16-9-6-5-7-10-16/h5-7,9-10,14-15,17,19-21,32H,8,11-13H2,1-4H3,(H,28,31)(H,29,33)/t17-,19?,20-,21?/m0/s1. The van der Waals surface area contributed by atoms with Gasteiger partial charge in [-0.1, -0.05) is 45.9 Å². The molecule has 0 bridgehead atoms. The highest BCUT2D eigenvalue weighted by atomic mass is 19.4. The molecule has 1 aliphatic heterocycles. The van der Waals surface area contributed by atoms with Crippen LogP contribution in [0.4, 0.5) is 13.2 Å². The fourth-order valence-electron chi connectivity index (χ4n) is 3.95. The summed E-state index contributed by atoms with van der Waals surface area (Å²) in [6.45, 7) is 6.31. The molecule has 2 unspecified atom stereocenters. The SMILES string of the molecule is CC(C)C(NC(=O)[C@@H]1CCCN1C(=O)[C@@H](NC(=O)COc1ccccc1)C(C)C)C(O)C(F)(F)F. The Morgan fingerprint density at radius 1 is 1.09 bits per heavy atom. The highest BCUT2D eigenvalue weighted by Gasteiger charge is 2.46. The van der Waals surface area contributed by atoms with Crippen LogP contribution in [0, 0.1) is 11.8 Å². The van der Waals surface area contributed by atoms with Crippen molar-refractivity contribution in [3.63, 3.8) is 0 Å². The number of aliphatic hydroxyl groups excluding tert-OH is 1. The summed E-state index contributed by atoms with van der Waals surface area (Å²) in [4.78, 5) is 39.9. The van der Waals surface area contributed by atoms with Crippen LogP contribution in [0.1, 0.15) is 40.5 Å². The first-order valence-electron chi connectivity index (χ1n) is 11.7. The number of likely N-dealkylation sites (tertiary alicyclic amines) is 1. The Labute approximate surface area is 203 Å². The Bertz CT molecular complexity index is 864. The van der Waals surface area contributed by atoms with Crippen LogP contribution in [0.2, 0.25) is 0 Å². The summed E-state index contributed by atoms with van der Waals surface area (Å²) in [7, 11) is 0. The molecule has 8 nitrogen and oxygen atoms in total. The predicted octanol–water partition coefficient (Wildman–Crippen LogP) is 2.26. The molecule has 196 valence electrons. The van der Waals surface area contributed by atoms with Crippen molar-refractivity contribution in [2.45, 2.75) is 70.9 Å². The summed E-state index contributed by atoms with van der Waals surface area (Å²) < 4.78 is 44.6. The van der Waals surface area contributed by atoms with E-state index in [1.165, 1.54) is 18.7 Å². The molecular formula is C24H34F3N3O5. The second-order valence-electron chi connectivity index (χ2n) is 9.35. The zero-order valence-electron chi connectivity index (χ0n) is 20.3. The minimum atomic E-state index is -4.90. The maximum absolute atomic E-state index is 13.3. The molecule has 35 heavy (non-hydrogen) atoms. The number of nitrogens with one attached hydrogen (secondary N) is 2. The second kappa shape index (κ2) is 12.2. The van der Waals surface area contributed by atoms with Gasteiger partial charge in [0.25, 0.3) is 5.91 Å². The number of rotatable bonds is 10. The zero-order chi connectivity index (χ0) is 26.3. The lowest BCUT2D eigenvalue weighted by molar-refractivity contribution is -0.215. The van der Waals surface area contributed by atoms with Crippen LogP contribution in [0.3, 0.4) is 0 Å². The molecule has 0 spiro atoms. The summed E-state index contributed by atoms with van der Waals surface area (Å²) in [6, 6.07) is 5.18. The third kappa shape index (κ3) is 7.84. The average Bonchev–Trinajstić information content (AvgIpc) is 3.28. The Hall–Kier alpha value is -2.82. The third-order valence-corrected chi connectivity index (χ3v) is 5.90. The number of hydrogen-bond donors (Lipinski definition) is 3. The smallest absolute Gasteiger partial charge is 0.416 e. The van der Waals surface area contributed by atoms with Gasteiger partial charge in [-0.05, 0) is 36.8 Å². The van der Waals surface area contributed by atoms with Crippen molar-refractivity contribution in [2.75, 3.05) is 13.2 Å². The number of carbonyl (C=O) groups excluding carboxylic acids is 3. The lowest BCUT2D eigenvalue weighted by Crippen LogP contribution is -2.59. The molecule has 1 aliphatic rings. The predicted molar refractivity (Wildman–Crippen MR) is 122 cm³/mol.